The third-order valence-electron chi connectivity index (χ3n) is 5.03. The molecule has 4 rings (SSSR count). The van der Waals surface area contributed by atoms with Crippen LogP contribution in [0.3, 0.4) is 0 Å². The van der Waals surface area contributed by atoms with E-state index < -0.39 is 5.92 Å². The summed E-state index contributed by atoms with van der Waals surface area (Å²) in [6, 6.07) is 16.7. The molecular formula is C23H23N3O3. The van der Waals surface area contributed by atoms with Crippen molar-refractivity contribution in [1.82, 2.24) is 9.78 Å². The summed E-state index contributed by atoms with van der Waals surface area (Å²) in [7, 11) is 0. The van der Waals surface area contributed by atoms with Gasteiger partial charge in [0.05, 0.1) is 23.9 Å². The van der Waals surface area contributed by atoms with E-state index in [2.05, 4.69) is 10.4 Å². The summed E-state index contributed by atoms with van der Waals surface area (Å²) < 4.78 is 7.29. The van der Waals surface area contributed by atoms with Crippen molar-refractivity contribution in [2.75, 3.05) is 11.9 Å². The normalized spacial score (nSPS) is 15.5. The number of hydrogen-bond donors (Lipinski definition) is 1. The minimum atomic E-state index is -0.557. The number of Topliss-reactive ketones (excluding diaryl/α,β-unsaturated/α-hetero) is 1. The molecule has 0 bridgehead atoms. The number of amides is 1. The van der Waals surface area contributed by atoms with Crippen LogP contribution in [0.4, 0.5) is 5.82 Å². The summed E-state index contributed by atoms with van der Waals surface area (Å²) in [6.07, 6.45) is 1.03. The number of anilines is 1. The molecule has 0 aliphatic carbocycles. The molecule has 2 heterocycles. The van der Waals surface area contributed by atoms with Crippen LogP contribution in [0, 0.1) is 6.92 Å². The largest absolute Gasteiger partial charge is 0.494 e. The number of benzene rings is 2. The predicted molar refractivity (Wildman–Crippen MR) is 111 cm³/mol. The van der Waals surface area contributed by atoms with Crippen LogP contribution >= 0.6 is 0 Å². The number of nitrogens with one attached hydrogen (secondary N) is 1. The van der Waals surface area contributed by atoms with Gasteiger partial charge < -0.3 is 10.1 Å². The van der Waals surface area contributed by atoms with E-state index in [-0.39, 0.29) is 18.1 Å². The van der Waals surface area contributed by atoms with E-state index in [0.29, 0.717) is 18.0 Å². The molecule has 1 N–H and O–H groups in total. The maximum absolute atomic E-state index is 13.3. The Morgan fingerprint density at radius 1 is 1.17 bits per heavy atom. The van der Waals surface area contributed by atoms with Crippen molar-refractivity contribution in [3.63, 3.8) is 0 Å². The number of ether oxygens (including phenoxy) is 1. The highest BCUT2D eigenvalue weighted by atomic mass is 16.5. The number of aryl methyl sites for hydroxylation is 1. The Hall–Kier alpha value is -3.41. The van der Waals surface area contributed by atoms with Gasteiger partial charge in [-0.1, -0.05) is 25.1 Å². The quantitative estimate of drug-likeness (QED) is 0.639. The molecule has 6 heteroatoms. The van der Waals surface area contributed by atoms with Gasteiger partial charge in [-0.2, -0.15) is 5.10 Å². The molecule has 148 valence electrons. The molecule has 1 aliphatic heterocycles. The number of aromatic nitrogens is 2. The maximum atomic E-state index is 13.3. The van der Waals surface area contributed by atoms with E-state index >= 15 is 0 Å². The average molecular weight is 389 g/mol. The van der Waals surface area contributed by atoms with Crippen molar-refractivity contribution in [3.8, 4) is 11.4 Å². The monoisotopic (exact) mass is 389 g/mol. The summed E-state index contributed by atoms with van der Waals surface area (Å²) in [5.41, 5.74) is 2.92. The summed E-state index contributed by atoms with van der Waals surface area (Å²) in [6.45, 7) is 4.55. The first-order valence-electron chi connectivity index (χ1n) is 9.80. The SMILES string of the molecule is CCCOc1ccc(C(=O)C2CC(=O)Nc3c2c(C)nn3-c2ccccc2)cc1. The van der Waals surface area contributed by atoms with Crippen LogP contribution in [0.25, 0.3) is 5.69 Å². The maximum Gasteiger partial charge on any atom is 0.226 e. The smallest absolute Gasteiger partial charge is 0.226 e. The summed E-state index contributed by atoms with van der Waals surface area (Å²) in [5.74, 6) is 0.484. The van der Waals surface area contributed by atoms with Gasteiger partial charge in [0.2, 0.25) is 5.91 Å². The minimum absolute atomic E-state index is 0.0844. The molecule has 1 aromatic heterocycles. The van der Waals surface area contributed by atoms with Gasteiger partial charge in [0.1, 0.15) is 11.6 Å². The summed E-state index contributed by atoms with van der Waals surface area (Å²) >= 11 is 0. The Morgan fingerprint density at radius 3 is 2.59 bits per heavy atom. The third kappa shape index (κ3) is 3.66. The van der Waals surface area contributed by atoms with E-state index in [9.17, 15) is 9.59 Å². The first-order chi connectivity index (χ1) is 14.1. The van der Waals surface area contributed by atoms with Crippen molar-refractivity contribution >= 4 is 17.5 Å². The van der Waals surface area contributed by atoms with Crippen LogP contribution in [-0.4, -0.2) is 28.1 Å². The van der Waals surface area contributed by atoms with Crippen molar-refractivity contribution in [2.45, 2.75) is 32.6 Å². The van der Waals surface area contributed by atoms with E-state index in [1.165, 1.54) is 0 Å². The average Bonchev–Trinajstić information content (AvgIpc) is 3.08. The van der Waals surface area contributed by atoms with E-state index in [0.717, 1.165) is 29.1 Å². The molecule has 29 heavy (non-hydrogen) atoms. The Kier molecular flexibility index (Phi) is 5.16. The lowest BCUT2D eigenvalue weighted by Crippen LogP contribution is -2.28. The zero-order valence-corrected chi connectivity index (χ0v) is 16.5. The number of carbonyl (C=O) groups excluding carboxylic acids is 2. The fourth-order valence-corrected chi connectivity index (χ4v) is 3.66. The Morgan fingerprint density at radius 2 is 1.90 bits per heavy atom. The third-order valence-corrected chi connectivity index (χ3v) is 5.03. The number of carbonyl (C=O) groups is 2. The lowest BCUT2D eigenvalue weighted by molar-refractivity contribution is -0.116. The van der Waals surface area contributed by atoms with E-state index in [1.807, 2.05) is 44.2 Å². The Bertz CT molecular complexity index is 1040. The molecule has 1 amide bonds. The van der Waals surface area contributed by atoms with Crippen molar-refractivity contribution in [2.24, 2.45) is 0 Å². The molecule has 1 aliphatic rings. The van der Waals surface area contributed by atoms with Crippen molar-refractivity contribution in [3.05, 3.63) is 71.4 Å². The molecule has 1 unspecified atom stereocenters. The zero-order valence-electron chi connectivity index (χ0n) is 16.5. The molecule has 0 saturated heterocycles. The second-order valence-corrected chi connectivity index (χ2v) is 7.14. The van der Waals surface area contributed by atoms with Crippen molar-refractivity contribution in [1.29, 1.82) is 0 Å². The number of para-hydroxylation sites is 1. The highest BCUT2D eigenvalue weighted by Gasteiger charge is 2.36. The van der Waals surface area contributed by atoms with Gasteiger partial charge in [-0.15, -0.1) is 0 Å². The molecular weight excluding hydrogens is 366 g/mol. The summed E-state index contributed by atoms with van der Waals surface area (Å²) in [4.78, 5) is 25.7. The first-order valence-corrected chi connectivity index (χ1v) is 9.80. The lowest BCUT2D eigenvalue weighted by atomic mass is 9.85. The Labute approximate surface area is 169 Å². The van der Waals surface area contributed by atoms with Crippen LogP contribution in [0.1, 0.15) is 47.3 Å². The second kappa shape index (κ2) is 7.91. The van der Waals surface area contributed by atoms with Gasteiger partial charge in [-0.3, -0.25) is 9.59 Å². The molecule has 0 fully saturated rings. The van der Waals surface area contributed by atoms with Gasteiger partial charge in [0.15, 0.2) is 5.78 Å². The number of ketones is 1. The molecule has 0 radical (unpaired) electrons. The Balaban J connectivity index is 1.69. The molecule has 1 atom stereocenters. The highest BCUT2D eigenvalue weighted by Crippen LogP contribution is 2.38. The topological polar surface area (TPSA) is 73.2 Å². The number of nitrogens with zero attached hydrogens (tertiary/aromatic N) is 2. The first kappa shape index (κ1) is 18.9. The molecule has 0 saturated carbocycles. The summed E-state index contributed by atoms with van der Waals surface area (Å²) in [5, 5.41) is 7.51. The van der Waals surface area contributed by atoms with Gasteiger partial charge in [-0.25, -0.2) is 4.68 Å². The minimum Gasteiger partial charge on any atom is -0.494 e. The van der Waals surface area contributed by atoms with Gasteiger partial charge in [0, 0.05) is 17.5 Å². The van der Waals surface area contributed by atoms with Crippen molar-refractivity contribution < 1.29 is 14.3 Å². The van der Waals surface area contributed by atoms with Crippen LogP contribution < -0.4 is 10.1 Å². The van der Waals surface area contributed by atoms with Gasteiger partial charge in [-0.05, 0) is 49.7 Å². The lowest BCUT2D eigenvalue weighted by Gasteiger charge is -2.23. The second-order valence-electron chi connectivity index (χ2n) is 7.14. The predicted octanol–water partition coefficient (Wildman–Crippen LogP) is 4.28. The van der Waals surface area contributed by atoms with Crippen LogP contribution in [0.2, 0.25) is 0 Å². The van der Waals surface area contributed by atoms with Crippen LogP contribution in [-0.2, 0) is 4.79 Å². The fourth-order valence-electron chi connectivity index (χ4n) is 3.66. The molecule has 6 nitrogen and oxygen atoms in total. The molecule has 0 spiro atoms. The number of hydrogen-bond acceptors (Lipinski definition) is 4. The van der Waals surface area contributed by atoms with Crippen LogP contribution in [0.15, 0.2) is 54.6 Å². The van der Waals surface area contributed by atoms with Gasteiger partial charge >= 0.3 is 0 Å². The van der Waals surface area contributed by atoms with Gasteiger partial charge in [0.25, 0.3) is 0 Å². The highest BCUT2D eigenvalue weighted by molar-refractivity contribution is 6.08. The zero-order chi connectivity index (χ0) is 20.4. The number of fused-ring (bicyclic) bond motifs is 1. The van der Waals surface area contributed by atoms with E-state index in [1.54, 1.807) is 28.9 Å². The van der Waals surface area contributed by atoms with Crippen LogP contribution in [0.5, 0.6) is 5.75 Å². The molecule has 3 aromatic rings. The van der Waals surface area contributed by atoms with E-state index in [4.69, 9.17) is 4.74 Å². The fraction of sp³-hybridized carbons (Fsp3) is 0.261. The number of rotatable bonds is 6. The standard InChI is InChI=1S/C23H23N3O3/c1-3-13-29-18-11-9-16(10-12-18)22(28)19-14-20(27)24-23-21(19)15(2)25-26(23)17-7-5-4-6-8-17/h4-12,19H,3,13-14H2,1-2H3,(H,24,27). The molecule has 2 aromatic carbocycles.